The van der Waals surface area contributed by atoms with E-state index in [-0.39, 0.29) is 5.82 Å². The molecule has 1 aromatic carbocycles. The van der Waals surface area contributed by atoms with E-state index in [0.717, 1.165) is 11.1 Å². The molecule has 0 fully saturated rings. The Labute approximate surface area is 135 Å². The molecular weight excluding hydrogens is 295 g/mol. The molecule has 1 heterocycles. The van der Waals surface area contributed by atoms with Gasteiger partial charge in [0.15, 0.2) is 5.96 Å². The first-order chi connectivity index (χ1) is 11.1. The second-order valence-electron chi connectivity index (χ2n) is 5.07. The molecule has 0 aliphatic rings. The molecule has 0 aliphatic carbocycles. The largest absolute Gasteiger partial charge is 0.481 e. The Morgan fingerprint density at radius 3 is 2.48 bits per heavy atom. The zero-order chi connectivity index (χ0) is 16.7. The molecule has 0 aliphatic heterocycles. The molecule has 6 heteroatoms. The van der Waals surface area contributed by atoms with Gasteiger partial charge in [0.05, 0.1) is 7.11 Å². The van der Waals surface area contributed by atoms with Gasteiger partial charge in [0, 0.05) is 32.4 Å². The number of halogens is 1. The molecule has 2 aromatic rings. The van der Waals surface area contributed by atoms with Crippen molar-refractivity contribution >= 4 is 5.96 Å². The monoisotopic (exact) mass is 316 g/mol. The van der Waals surface area contributed by atoms with Crippen LogP contribution in [0.4, 0.5) is 4.39 Å². The number of pyridine rings is 1. The van der Waals surface area contributed by atoms with Gasteiger partial charge in [0.25, 0.3) is 0 Å². The van der Waals surface area contributed by atoms with Crippen molar-refractivity contribution in [3.05, 3.63) is 59.0 Å². The van der Waals surface area contributed by atoms with E-state index in [2.05, 4.69) is 20.6 Å². The standard InChI is InChI=1S/C17H21FN4O/c1-12-8-13(4-5-15(12)18)10-21-17(19-2)22-11-14-6-7-20-16(9-14)23-3/h4-9H,10-11H2,1-3H3,(H2,19,21,22). The van der Waals surface area contributed by atoms with E-state index in [4.69, 9.17) is 4.74 Å². The lowest BCUT2D eigenvalue weighted by atomic mass is 10.1. The number of aryl methyl sites for hydroxylation is 1. The zero-order valence-electron chi connectivity index (χ0n) is 13.6. The second-order valence-corrected chi connectivity index (χ2v) is 5.07. The van der Waals surface area contributed by atoms with Gasteiger partial charge >= 0.3 is 0 Å². The van der Waals surface area contributed by atoms with Gasteiger partial charge in [0.2, 0.25) is 5.88 Å². The van der Waals surface area contributed by atoms with Gasteiger partial charge in [-0.15, -0.1) is 0 Å². The molecule has 0 spiro atoms. The van der Waals surface area contributed by atoms with Crippen LogP contribution in [0.1, 0.15) is 16.7 Å². The third-order valence-electron chi connectivity index (χ3n) is 3.37. The highest BCUT2D eigenvalue weighted by atomic mass is 19.1. The first kappa shape index (κ1) is 16.7. The normalized spacial score (nSPS) is 11.2. The average Bonchev–Trinajstić information content (AvgIpc) is 2.58. The van der Waals surface area contributed by atoms with Crippen molar-refractivity contribution in [2.24, 2.45) is 4.99 Å². The molecule has 23 heavy (non-hydrogen) atoms. The van der Waals surface area contributed by atoms with E-state index < -0.39 is 0 Å². The minimum absolute atomic E-state index is 0.192. The quantitative estimate of drug-likeness (QED) is 0.657. The van der Waals surface area contributed by atoms with Crippen molar-refractivity contribution in [1.29, 1.82) is 0 Å². The van der Waals surface area contributed by atoms with Crippen LogP contribution in [0.15, 0.2) is 41.5 Å². The number of aliphatic imine (C=N–C) groups is 1. The van der Waals surface area contributed by atoms with Gasteiger partial charge in [-0.1, -0.05) is 12.1 Å². The summed E-state index contributed by atoms with van der Waals surface area (Å²) in [5, 5.41) is 6.42. The Kier molecular flexibility index (Phi) is 5.91. The molecule has 2 rings (SSSR count). The van der Waals surface area contributed by atoms with Crippen molar-refractivity contribution in [1.82, 2.24) is 15.6 Å². The van der Waals surface area contributed by atoms with Gasteiger partial charge in [-0.25, -0.2) is 9.37 Å². The van der Waals surface area contributed by atoms with Crippen LogP contribution in [0.3, 0.4) is 0 Å². The van der Waals surface area contributed by atoms with Gasteiger partial charge in [-0.05, 0) is 35.7 Å². The van der Waals surface area contributed by atoms with Crippen LogP contribution in [0.25, 0.3) is 0 Å². The number of nitrogens with one attached hydrogen (secondary N) is 2. The maximum absolute atomic E-state index is 13.3. The number of nitrogens with zero attached hydrogens (tertiary/aromatic N) is 2. The molecule has 0 saturated heterocycles. The number of aromatic nitrogens is 1. The van der Waals surface area contributed by atoms with Crippen LogP contribution in [-0.2, 0) is 13.1 Å². The van der Waals surface area contributed by atoms with E-state index >= 15 is 0 Å². The number of guanidine groups is 1. The SMILES string of the molecule is CN=C(NCc1ccnc(OC)c1)NCc1ccc(F)c(C)c1. The van der Waals surface area contributed by atoms with Crippen LogP contribution in [0.5, 0.6) is 5.88 Å². The molecule has 0 amide bonds. The Bertz CT molecular complexity index is 688. The Morgan fingerprint density at radius 1 is 1.17 bits per heavy atom. The van der Waals surface area contributed by atoms with Crippen LogP contribution < -0.4 is 15.4 Å². The first-order valence-corrected chi connectivity index (χ1v) is 7.31. The molecule has 0 atom stereocenters. The lowest BCUT2D eigenvalue weighted by molar-refractivity contribution is 0.397. The summed E-state index contributed by atoms with van der Waals surface area (Å²) in [6.45, 7) is 2.92. The molecule has 0 unspecified atom stereocenters. The van der Waals surface area contributed by atoms with Crippen molar-refractivity contribution < 1.29 is 9.13 Å². The summed E-state index contributed by atoms with van der Waals surface area (Å²) in [5.74, 6) is 1.06. The topological polar surface area (TPSA) is 58.5 Å². The molecule has 0 bridgehead atoms. The summed E-state index contributed by atoms with van der Waals surface area (Å²) in [6, 6.07) is 8.83. The third-order valence-corrected chi connectivity index (χ3v) is 3.37. The highest BCUT2D eigenvalue weighted by molar-refractivity contribution is 5.79. The molecule has 0 saturated carbocycles. The number of methoxy groups -OCH3 is 1. The summed E-state index contributed by atoms with van der Waals surface area (Å²) in [6.07, 6.45) is 1.70. The zero-order valence-corrected chi connectivity index (χ0v) is 13.6. The summed E-state index contributed by atoms with van der Waals surface area (Å²) in [7, 11) is 3.29. The van der Waals surface area contributed by atoms with Gasteiger partial charge in [-0.3, -0.25) is 4.99 Å². The van der Waals surface area contributed by atoms with Crippen molar-refractivity contribution in [3.63, 3.8) is 0 Å². The predicted molar refractivity (Wildman–Crippen MR) is 89.0 cm³/mol. The van der Waals surface area contributed by atoms with E-state index in [0.29, 0.717) is 30.5 Å². The van der Waals surface area contributed by atoms with Gasteiger partial charge in [-0.2, -0.15) is 0 Å². The summed E-state index contributed by atoms with van der Waals surface area (Å²) in [4.78, 5) is 8.24. The lowest BCUT2D eigenvalue weighted by Crippen LogP contribution is -2.36. The van der Waals surface area contributed by atoms with Crippen LogP contribution >= 0.6 is 0 Å². The van der Waals surface area contributed by atoms with Crippen LogP contribution in [-0.4, -0.2) is 25.1 Å². The molecule has 2 N–H and O–H groups in total. The number of rotatable bonds is 5. The summed E-state index contributed by atoms with van der Waals surface area (Å²) < 4.78 is 18.4. The first-order valence-electron chi connectivity index (χ1n) is 7.31. The number of ether oxygens (including phenoxy) is 1. The summed E-state index contributed by atoms with van der Waals surface area (Å²) in [5.41, 5.74) is 2.67. The maximum atomic E-state index is 13.3. The second kappa shape index (κ2) is 8.12. The molecule has 0 radical (unpaired) electrons. The van der Waals surface area contributed by atoms with E-state index in [1.165, 1.54) is 6.07 Å². The molecule has 5 nitrogen and oxygen atoms in total. The Balaban J connectivity index is 1.89. The van der Waals surface area contributed by atoms with E-state index in [1.807, 2.05) is 18.2 Å². The Morgan fingerprint density at radius 2 is 1.87 bits per heavy atom. The molecule has 1 aromatic heterocycles. The van der Waals surface area contributed by atoms with E-state index in [9.17, 15) is 4.39 Å². The van der Waals surface area contributed by atoms with Crippen molar-refractivity contribution in [2.75, 3.05) is 14.2 Å². The van der Waals surface area contributed by atoms with Crippen LogP contribution in [0, 0.1) is 12.7 Å². The van der Waals surface area contributed by atoms with E-state index in [1.54, 1.807) is 33.3 Å². The fraction of sp³-hybridized carbons (Fsp3) is 0.294. The number of hydrogen-bond acceptors (Lipinski definition) is 3. The smallest absolute Gasteiger partial charge is 0.213 e. The number of benzene rings is 1. The minimum Gasteiger partial charge on any atom is -0.481 e. The van der Waals surface area contributed by atoms with Crippen molar-refractivity contribution in [2.45, 2.75) is 20.0 Å². The maximum Gasteiger partial charge on any atom is 0.213 e. The molecule has 122 valence electrons. The highest BCUT2D eigenvalue weighted by Crippen LogP contribution is 2.09. The van der Waals surface area contributed by atoms with Crippen LogP contribution in [0.2, 0.25) is 0 Å². The number of hydrogen-bond donors (Lipinski definition) is 2. The van der Waals surface area contributed by atoms with Gasteiger partial charge < -0.3 is 15.4 Å². The average molecular weight is 316 g/mol. The Hall–Kier alpha value is -2.63. The fourth-order valence-corrected chi connectivity index (χ4v) is 2.08. The highest BCUT2D eigenvalue weighted by Gasteiger charge is 2.02. The summed E-state index contributed by atoms with van der Waals surface area (Å²) >= 11 is 0. The third kappa shape index (κ3) is 4.95. The minimum atomic E-state index is -0.192. The van der Waals surface area contributed by atoms with Crippen molar-refractivity contribution in [3.8, 4) is 5.88 Å². The lowest BCUT2D eigenvalue weighted by Gasteiger charge is -2.12. The molecular formula is C17H21FN4O. The van der Waals surface area contributed by atoms with Gasteiger partial charge in [0.1, 0.15) is 5.82 Å². The predicted octanol–water partition coefficient (Wildman–Crippen LogP) is 2.40. The fourth-order valence-electron chi connectivity index (χ4n) is 2.08.